The summed E-state index contributed by atoms with van der Waals surface area (Å²) in [6.45, 7) is 1.21. The number of H-pyrrole nitrogens is 2. The van der Waals surface area contributed by atoms with E-state index in [9.17, 15) is 19.2 Å². The minimum Gasteiger partial charge on any atom is -0.453 e. The number of benzene rings is 2. The van der Waals surface area contributed by atoms with E-state index in [0.717, 1.165) is 102 Å². The minimum atomic E-state index is -0.595. The van der Waals surface area contributed by atoms with E-state index in [4.69, 9.17) is 29.4 Å². The summed E-state index contributed by atoms with van der Waals surface area (Å²) in [4.78, 5) is 81.0. The lowest BCUT2D eigenvalue weighted by Crippen LogP contribution is -2.49. The van der Waals surface area contributed by atoms with Gasteiger partial charge in [-0.2, -0.15) is 0 Å². The number of hydrogen-bond donors (Lipinski definition) is 4. The number of carbonyl (C=O) groups is 4. The van der Waals surface area contributed by atoms with Gasteiger partial charge in [0.1, 0.15) is 23.7 Å². The van der Waals surface area contributed by atoms with Crippen molar-refractivity contribution in [1.82, 2.24) is 50.3 Å². The van der Waals surface area contributed by atoms with Gasteiger partial charge >= 0.3 is 12.2 Å². The molecule has 16 heteroatoms. The maximum Gasteiger partial charge on any atom is 0.407 e. The molecule has 5 aromatic rings. The van der Waals surface area contributed by atoms with Crippen LogP contribution in [0.2, 0.25) is 0 Å². The first-order chi connectivity index (χ1) is 27.3. The molecule has 4 amide bonds. The first-order valence-corrected chi connectivity index (χ1v) is 19.4. The lowest BCUT2D eigenvalue weighted by Gasteiger charge is -2.28. The molecular formula is C40H44N10O6. The Morgan fingerprint density at radius 1 is 0.661 bits per heavy atom. The van der Waals surface area contributed by atoms with Gasteiger partial charge in [-0.3, -0.25) is 9.59 Å². The van der Waals surface area contributed by atoms with Gasteiger partial charge in [-0.25, -0.2) is 29.5 Å². The highest BCUT2D eigenvalue weighted by atomic mass is 16.5. The fraction of sp³-hybridized carbons (Fsp3) is 0.450. The van der Waals surface area contributed by atoms with Gasteiger partial charge < -0.3 is 39.9 Å². The lowest BCUT2D eigenvalue weighted by molar-refractivity contribution is -0.135. The van der Waals surface area contributed by atoms with Crippen LogP contribution in [-0.2, 0) is 19.1 Å². The molecule has 290 valence electrons. The number of aromatic nitrogens is 6. The van der Waals surface area contributed by atoms with Crippen LogP contribution in [0.4, 0.5) is 9.59 Å². The number of hydrogen-bond acceptors (Lipinski definition) is 10. The van der Waals surface area contributed by atoms with Gasteiger partial charge in [0.05, 0.1) is 48.4 Å². The molecule has 5 heterocycles. The van der Waals surface area contributed by atoms with Crippen molar-refractivity contribution in [1.29, 1.82) is 0 Å². The second-order valence-corrected chi connectivity index (χ2v) is 15.3. The smallest absolute Gasteiger partial charge is 0.407 e. The van der Waals surface area contributed by atoms with Crippen molar-refractivity contribution in [3.8, 4) is 22.5 Å². The number of carbonyl (C=O) groups excluding carboxylic acids is 4. The fourth-order valence-electron chi connectivity index (χ4n) is 8.30. The van der Waals surface area contributed by atoms with Crippen LogP contribution < -0.4 is 10.6 Å². The quantitative estimate of drug-likeness (QED) is 0.147. The van der Waals surface area contributed by atoms with Gasteiger partial charge in [0.2, 0.25) is 11.8 Å². The number of likely N-dealkylation sites (tertiary alicyclic amines) is 2. The van der Waals surface area contributed by atoms with E-state index in [2.05, 4.69) is 20.6 Å². The van der Waals surface area contributed by atoms with E-state index in [1.54, 1.807) is 12.4 Å². The van der Waals surface area contributed by atoms with Gasteiger partial charge in [0.25, 0.3) is 0 Å². The molecule has 2 saturated heterocycles. The van der Waals surface area contributed by atoms with Gasteiger partial charge in [-0.1, -0.05) is 6.07 Å². The largest absolute Gasteiger partial charge is 0.453 e. The van der Waals surface area contributed by atoms with Crippen LogP contribution in [-0.4, -0.2) is 103 Å². The molecule has 0 unspecified atom stereocenters. The highest BCUT2D eigenvalue weighted by Gasteiger charge is 2.44. The average Bonchev–Trinajstić information content (AvgIpc) is 4.00. The topological polar surface area (TPSA) is 200 Å². The SMILES string of the molecule is COC(=O)N[C@H](C(=O)N1CCC[C@H]1c1nc2ccc(-c3cnc(-c4ccc5nc([C@@H]6CCCN6C(=O)[C@@H](NC(=O)OC)C6CC6)[nH]c5c4)nc3)cc2[nH]1)C1CC1. The van der Waals surface area contributed by atoms with E-state index < -0.39 is 24.3 Å². The van der Waals surface area contributed by atoms with Crippen LogP contribution >= 0.6 is 0 Å². The van der Waals surface area contributed by atoms with Gasteiger partial charge in [0.15, 0.2) is 5.82 Å². The van der Waals surface area contributed by atoms with Crippen LogP contribution in [0, 0.1) is 11.8 Å². The van der Waals surface area contributed by atoms with Crippen LogP contribution in [0.3, 0.4) is 0 Å². The molecule has 3 aromatic heterocycles. The summed E-state index contributed by atoms with van der Waals surface area (Å²) in [6.07, 6.45) is 9.29. The molecule has 2 aliphatic heterocycles. The monoisotopic (exact) mass is 760 g/mol. The molecule has 9 rings (SSSR count). The number of nitrogens with zero attached hydrogens (tertiary/aromatic N) is 6. The van der Waals surface area contributed by atoms with Crippen LogP contribution in [0.25, 0.3) is 44.6 Å². The Morgan fingerprint density at radius 3 is 1.59 bits per heavy atom. The van der Waals surface area contributed by atoms with Crippen molar-refractivity contribution in [2.24, 2.45) is 11.8 Å². The van der Waals surface area contributed by atoms with Crippen molar-refractivity contribution >= 4 is 46.1 Å². The molecule has 2 saturated carbocycles. The molecular weight excluding hydrogens is 717 g/mol. The normalized spacial score (nSPS) is 20.6. The standard InChI is InChI=1S/C40H44N10O6/c1-55-39(53)47-32(21-7-8-21)37(51)49-15-3-5-30(49)35-43-26-13-11-23(17-28(26)45-35)25-19-41-34(42-20-25)24-12-14-27-29(18-24)46-36(44-27)31-6-4-16-50(31)38(52)33(22-9-10-22)48-40(54)56-2/h11-14,17-22,30-33H,3-10,15-16H2,1-2H3,(H,43,45)(H,44,46)(H,47,53)(H,48,54)/t30-,31-,32-,33-/m0/s1. The molecule has 16 nitrogen and oxygen atoms in total. The Bertz CT molecular complexity index is 2150. The third kappa shape index (κ3) is 6.88. The van der Waals surface area contributed by atoms with Gasteiger partial charge in [-0.05, 0) is 99.1 Å². The van der Waals surface area contributed by atoms with Crippen molar-refractivity contribution in [2.45, 2.75) is 75.5 Å². The molecule has 0 radical (unpaired) electrons. The fourth-order valence-corrected chi connectivity index (χ4v) is 8.30. The van der Waals surface area contributed by atoms with Crippen molar-refractivity contribution < 1.29 is 28.7 Å². The van der Waals surface area contributed by atoms with Crippen molar-refractivity contribution in [3.63, 3.8) is 0 Å². The number of methoxy groups -OCH3 is 2. The molecule has 4 N–H and O–H groups in total. The second-order valence-electron chi connectivity index (χ2n) is 15.3. The molecule has 0 spiro atoms. The van der Waals surface area contributed by atoms with E-state index in [0.29, 0.717) is 18.9 Å². The summed E-state index contributed by atoms with van der Waals surface area (Å²) in [5.74, 6) is 2.08. The Labute approximate surface area is 322 Å². The zero-order valence-electron chi connectivity index (χ0n) is 31.3. The molecule has 2 aliphatic carbocycles. The number of rotatable bonds is 10. The number of alkyl carbamates (subject to hydrolysis) is 2. The third-order valence-corrected chi connectivity index (χ3v) is 11.6. The Kier molecular flexibility index (Phi) is 9.25. The average molecular weight is 761 g/mol. The predicted molar refractivity (Wildman–Crippen MR) is 204 cm³/mol. The number of aromatic amines is 2. The number of amides is 4. The molecule has 56 heavy (non-hydrogen) atoms. The highest BCUT2D eigenvalue weighted by molar-refractivity contribution is 5.88. The molecule has 0 bridgehead atoms. The molecule has 4 atom stereocenters. The van der Waals surface area contributed by atoms with E-state index in [1.807, 2.05) is 46.2 Å². The lowest BCUT2D eigenvalue weighted by atomic mass is 10.1. The number of ether oxygens (including phenoxy) is 2. The summed E-state index contributed by atoms with van der Waals surface area (Å²) in [5.41, 5.74) is 5.83. The van der Waals surface area contributed by atoms with Crippen LogP contribution in [0.15, 0.2) is 48.8 Å². The van der Waals surface area contributed by atoms with Crippen LogP contribution in [0.5, 0.6) is 0 Å². The van der Waals surface area contributed by atoms with E-state index in [-0.39, 0.29) is 35.7 Å². The van der Waals surface area contributed by atoms with Crippen molar-refractivity contribution in [2.75, 3.05) is 27.3 Å². The number of nitrogens with one attached hydrogen (secondary N) is 4. The second kappa shape index (κ2) is 14.5. The highest BCUT2D eigenvalue weighted by Crippen LogP contribution is 2.39. The Hall–Kier alpha value is -6.06. The zero-order valence-corrected chi connectivity index (χ0v) is 31.3. The zero-order chi connectivity index (χ0) is 38.5. The predicted octanol–water partition coefficient (Wildman–Crippen LogP) is 5.16. The molecule has 4 aliphatic rings. The Morgan fingerprint density at radius 2 is 1.12 bits per heavy atom. The first-order valence-electron chi connectivity index (χ1n) is 19.4. The third-order valence-electron chi connectivity index (χ3n) is 11.6. The van der Waals surface area contributed by atoms with E-state index >= 15 is 0 Å². The number of imidazole rings is 2. The van der Waals surface area contributed by atoms with E-state index in [1.165, 1.54) is 14.2 Å². The van der Waals surface area contributed by atoms with Gasteiger partial charge in [-0.15, -0.1) is 0 Å². The number of fused-ring (bicyclic) bond motifs is 2. The van der Waals surface area contributed by atoms with Crippen molar-refractivity contribution in [3.05, 3.63) is 60.4 Å². The maximum absolute atomic E-state index is 13.6. The van der Waals surface area contributed by atoms with Crippen LogP contribution in [0.1, 0.15) is 75.1 Å². The summed E-state index contributed by atoms with van der Waals surface area (Å²) in [7, 11) is 2.61. The molecule has 4 fully saturated rings. The summed E-state index contributed by atoms with van der Waals surface area (Å²) >= 11 is 0. The summed E-state index contributed by atoms with van der Waals surface area (Å²) in [6, 6.07) is 10.2. The summed E-state index contributed by atoms with van der Waals surface area (Å²) in [5, 5.41) is 5.51. The minimum absolute atomic E-state index is 0.0912. The maximum atomic E-state index is 13.6. The Balaban J connectivity index is 0.899. The summed E-state index contributed by atoms with van der Waals surface area (Å²) < 4.78 is 9.58. The van der Waals surface area contributed by atoms with Gasteiger partial charge in [0, 0.05) is 36.6 Å². The molecule has 2 aromatic carbocycles. The first kappa shape index (κ1) is 35.6.